The molecule has 0 saturated heterocycles. The molecule has 4 aromatic rings. The van der Waals surface area contributed by atoms with Crippen LogP contribution in [0.25, 0.3) is 11.3 Å². The van der Waals surface area contributed by atoms with Crippen molar-refractivity contribution in [3.63, 3.8) is 0 Å². The van der Waals surface area contributed by atoms with E-state index in [-0.39, 0.29) is 5.56 Å². The zero-order chi connectivity index (χ0) is 24.6. The monoisotopic (exact) mass is 478 g/mol. The summed E-state index contributed by atoms with van der Waals surface area (Å²) in [5.74, 6) is 1.49. The summed E-state index contributed by atoms with van der Waals surface area (Å²) < 4.78 is 44.6. The van der Waals surface area contributed by atoms with Crippen LogP contribution in [0.3, 0.4) is 0 Å². The minimum absolute atomic E-state index is 0.0793. The standard InChI is InChI=1S/C26H21F3N4O2/c1-15-7-8-18(31-25(34)16-4-2-5-17(12-16)26(27,28)29)13-21(15)32-23-14-20(22-6-3-11-35-22)19-9-10-30-24(19)33-23/h2-8,11-14H,9-10H2,1H3,(H,31,34)(H2,30,32,33). The number of amides is 1. The van der Waals surface area contributed by atoms with Crippen LogP contribution in [0.15, 0.2) is 71.3 Å². The number of aromatic nitrogens is 1. The van der Waals surface area contributed by atoms with Crippen LogP contribution < -0.4 is 16.0 Å². The van der Waals surface area contributed by atoms with Gasteiger partial charge in [-0.2, -0.15) is 13.2 Å². The molecule has 0 aliphatic carbocycles. The lowest BCUT2D eigenvalue weighted by molar-refractivity contribution is -0.137. The number of carbonyl (C=O) groups excluding carboxylic acids is 1. The van der Waals surface area contributed by atoms with Crippen LogP contribution >= 0.6 is 0 Å². The molecule has 6 nitrogen and oxygen atoms in total. The number of fused-ring (bicyclic) bond motifs is 1. The number of hydrogen-bond donors (Lipinski definition) is 3. The van der Waals surface area contributed by atoms with Gasteiger partial charge in [-0.25, -0.2) is 4.98 Å². The number of alkyl halides is 3. The number of rotatable bonds is 5. The number of furan rings is 1. The van der Waals surface area contributed by atoms with Gasteiger partial charge in [0.15, 0.2) is 0 Å². The number of carbonyl (C=O) groups is 1. The van der Waals surface area contributed by atoms with Crippen molar-refractivity contribution in [1.29, 1.82) is 0 Å². The third kappa shape index (κ3) is 4.70. The fourth-order valence-corrected chi connectivity index (χ4v) is 4.00. The van der Waals surface area contributed by atoms with Gasteiger partial charge in [-0.05, 0) is 67.4 Å². The molecule has 0 saturated carbocycles. The number of hydrogen-bond acceptors (Lipinski definition) is 5. The molecule has 2 aromatic heterocycles. The van der Waals surface area contributed by atoms with Gasteiger partial charge in [0.1, 0.15) is 17.4 Å². The van der Waals surface area contributed by atoms with E-state index in [4.69, 9.17) is 4.42 Å². The number of nitrogens with zero attached hydrogens (tertiary/aromatic N) is 1. The Labute approximate surface area is 199 Å². The molecule has 1 aliphatic rings. The average Bonchev–Trinajstić information content (AvgIpc) is 3.52. The summed E-state index contributed by atoms with van der Waals surface area (Å²) in [5, 5.41) is 9.25. The zero-order valence-electron chi connectivity index (χ0n) is 18.7. The van der Waals surface area contributed by atoms with E-state index in [1.165, 1.54) is 12.1 Å². The lowest BCUT2D eigenvalue weighted by Crippen LogP contribution is -2.14. The summed E-state index contributed by atoms with van der Waals surface area (Å²) in [6, 6.07) is 15.2. The average molecular weight is 478 g/mol. The second-order valence-electron chi connectivity index (χ2n) is 8.22. The van der Waals surface area contributed by atoms with Crippen molar-refractivity contribution in [2.75, 3.05) is 22.5 Å². The zero-order valence-corrected chi connectivity index (χ0v) is 18.7. The summed E-state index contributed by atoms with van der Waals surface area (Å²) in [6.07, 6.45) is -2.06. The van der Waals surface area contributed by atoms with Gasteiger partial charge in [0.05, 0.1) is 11.8 Å². The molecule has 9 heteroatoms. The van der Waals surface area contributed by atoms with E-state index in [9.17, 15) is 18.0 Å². The van der Waals surface area contributed by atoms with Gasteiger partial charge < -0.3 is 20.4 Å². The summed E-state index contributed by atoms with van der Waals surface area (Å²) in [7, 11) is 0. The molecule has 3 N–H and O–H groups in total. The van der Waals surface area contributed by atoms with Gasteiger partial charge in [0.25, 0.3) is 5.91 Å². The number of pyridine rings is 1. The van der Waals surface area contributed by atoms with Gasteiger partial charge in [0.2, 0.25) is 0 Å². The normalized spacial score (nSPS) is 12.7. The van der Waals surface area contributed by atoms with Crippen LogP contribution in [-0.2, 0) is 12.6 Å². The molecule has 0 bridgehead atoms. The van der Waals surface area contributed by atoms with E-state index in [0.29, 0.717) is 17.2 Å². The fraction of sp³-hybridized carbons (Fsp3) is 0.154. The first kappa shape index (κ1) is 22.5. The Morgan fingerprint density at radius 3 is 2.71 bits per heavy atom. The summed E-state index contributed by atoms with van der Waals surface area (Å²) in [5.41, 5.74) is 3.11. The molecule has 3 heterocycles. The lowest BCUT2D eigenvalue weighted by Gasteiger charge is -2.14. The highest BCUT2D eigenvalue weighted by Gasteiger charge is 2.31. The highest BCUT2D eigenvalue weighted by atomic mass is 19.4. The van der Waals surface area contributed by atoms with Crippen molar-refractivity contribution in [2.24, 2.45) is 0 Å². The molecule has 35 heavy (non-hydrogen) atoms. The first-order chi connectivity index (χ1) is 16.8. The van der Waals surface area contributed by atoms with Gasteiger partial charge in [-0.1, -0.05) is 12.1 Å². The van der Waals surface area contributed by atoms with Crippen molar-refractivity contribution in [1.82, 2.24) is 4.98 Å². The highest BCUT2D eigenvalue weighted by molar-refractivity contribution is 6.04. The molecular weight excluding hydrogens is 457 g/mol. The third-order valence-electron chi connectivity index (χ3n) is 5.79. The number of aryl methyl sites for hydroxylation is 1. The number of anilines is 4. The van der Waals surface area contributed by atoms with E-state index < -0.39 is 17.6 Å². The van der Waals surface area contributed by atoms with E-state index in [2.05, 4.69) is 20.9 Å². The summed E-state index contributed by atoms with van der Waals surface area (Å²) in [6.45, 7) is 2.69. The topological polar surface area (TPSA) is 79.2 Å². The van der Waals surface area contributed by atoms with E-state index >= 15 is 0 Å². The predicted octanol–water partition coefficient (Wildman–Crippen LogP) is 6.63. The molecule has 0 radical (unpaired) electrons. The Bertz CT molecular complexity index is 1400. The molecular formula is C26H21F3N4O2. The van der Waals surface area contributed by atoms with Crippen LogP contribution in [0.5, 0.6) is 0 Å². The molecule has 0 atom stereocenters. The smallest absolute Gasteiger partial charge is 0.416 e. The number of benzene rings is 2. The Kier molecular flexibility index (Phi) is 5.68. The minimum Gasteiger partial charge on any atom is -0.464 e. The molecule has 1 amide bonds. The van der Waals surface area contributed by atoms with Crippen LogP contribution in [0.2, 0.25) is 0 Å². The third-order valence-corrected chi connectivity index (χ3v) is 5.79. The van der Waals surface area contributed by atoms with Crippen LogP contribution in [-0.4, -0.2) is 17.4 Å². The van der Waals surface area contributed by atoms with Crippen LogP contribution in [0, 0.1) is 6.92 Å². The first-order valence-corrected chi connectivity index (χ1v) is 11.0. The second kappa shape index (κ2) is 8.83. The maximum absolute atomic E-state index is 13.0. The summed E-state index contributed by atoms with van der Waals surface area (Å²) in [4.78, 5) is 17.3. The first-order valence-electron chi connectivity index (χ1n) is 11.0. The lowest BCUT2D eigenvalue weighted by atomic mass is 10.1. The maximum Gasteiger partial charge on any atom is 0.416 e. The van der Waals surface area contributed by atoms with Crippen LogP contribution in [0.4, 0.5) is 36.2 Å². The van der Waals surface area contributed by atoms with Gasteiger partial charge in [-0.15, -0.1) is 0 Å². The second-order valence-corrected chi connectivity index (χ2v) is 8.22. The Morgan fingerprint density at radius 2 is 1.94 bits per heavy atom. The Balaban J connectivity index is 1.40. The molecule has 0 spiro atoms. The van der Waals surface area contributed by atoms with Crippen molar-refractivity contribution in [2.45, 2.75) is 19.5 Å². The number of halogens is 3. The van der Waals surface area contributed by atoms with Gasteiger partial charge in [-0.3, -0.25) is 4.79 Å². The Morgan fingerprint density at radius 1 is 1.09 bits per heavy atom. The molecule has 178 valence electrons. The van der Waals surface area contributed by atoms with Crippen molar-refractivity contribution in [3.05, 3.63) is 89.2 Å². The van der Waals surface area contributed by atoms with Gasteiger partial charge >= 0.3 is 6.18 Å². The van der Waals surface area contributed by atoms with Crippen molar-refractivity contribution in [3.8, 4) is 11.3 Å². The van der Waals surface area contributed by atoms with Gasteiger partial charge in [0, 0.05) is 34.6 Å². The van der Waals surface area contributed by atoms with Crippen molar-refractivity contribution < 1.29 is 22.4 Å². The molecule has 1 aliphatic heterocycles. The highest BCUT2D eigenvalue weighted by Crippen LogP contribution is 2.36. The van der Waals surface area contributed by atoms with Crippen molar-refractivity contribution >= 4 is 28.9 Å². The SMILES string of the molecule is Cc1ccc(NC(=O)c2cccc(C(F)(F)F)c2)cc1Nc1cc(-c2ccco2)c2c(n1)NCC2. The van der Waals surface area contributed by atoms with E-state index in [1.807, 2.05) is 31.2 Å². The Hall–Kier alpha value is -4.27. The number of nitrogens with one attached hydrogen (secondary N) is 3. The minimum atomic E-state index is -4.52. The van der Waals surface area contributed by atoms with E-state index in [1.54, 1.807) is 18.4 Å². The summed E-state index contributed by atoms with van der Waals surface area (Å²) >= 11 is 0. The van der Waals surface area contributed by atoms with E-state index in [0.717, 1.165) is 53.4 Å². The van der Waals surface area contributed by atoms with Crippen LogP contribution in [0.1, 0.15) is 27.0 Å². The molecule has 5 rings (SSSR count). The molecule has 0 unspecified atom stereocenters. The fourth-order valence-electron chi connectivity index (χ4n) is 4.00. The molecule has 0 fully saturated rings. The quantitative estimate of drug-likeness (QED) is 0.300. The largest absolute Gasteiger partial charge is 0.464 e. The molecule has 2 aromatic carbocycles. The predicted molar refractivity (Wildman–Crippen MR) is 128 cm³/mol. The maximum atomic E-state index is 13.0.